The number of aromatic nitrogens is 2. The van der Waals surface area contributed by atoms with E-state index in [4.69, 9.17) is 4.42 Å². The standard InChI is InChI=1S/C15H11IN4O/c16-14-7-12(1-2-13(14)15-9-18-10-21-15)20-19-8-11-3-5-17-6-4-11/h1-7,9-10H,8H2. The average molecular weight is 390 g/mol. The van der Waals surface area contributed by atoms with Gasteiger partial charge >= 0.3 is 0 Å². The second-order valence-corrected chi connectivity index (χ2v) is 5.45. The molecule has 3 rings (SSSR count). The average Bonchev–Trinajstić information content (AvgIpc) is 3.02. The van der Waals surface area contributed by atoms with E-state index in [0.29, 0.717) is 6.54 Å². The summed E-state index contributed by atoms with van der Waals surface area (Å²) < 4.78 is 6.35. The molecule has 0 N–H and O–H groups in total. The van der Waals surface area contributed by atoms with E-state index >= 15 is 0 Å². The first kappa shape index (κ1) is 13.9. The van der Waals surface area contributed by atoms with Crippen molar-refractivity contribution in [2.24, 2.45) is 10.2 Å². The Balaban J connectivity index is 1.74. The maximum atomic E-state index is 5.30. The molecule has 0 atom stereocenters. The van der Waals surface area contributed by atoms with Crippen molar-refractivity contribution in [2.45, 2.75) is 6.54 Å². The molecule has 5 nitrogen and oxygen atoms in total. The maximum absolute atomic E-state index is 5.30. The predicted octanol–water partition coefficient (Wildman–Crippen LogP) is 4.63. The van der Waals surface area contributed by atoms with Gasteiger partial charge in [0.25, 0.3) is 0 Å². The molecular weight excluding hydrogens is 379 g/mol. The monoisotopic (exact) mass is 390 g/mol. The Hall–Kier alpha value is -2.09. The van der Waals surface area contributed by atoms with Crippen molar-refractivity contribution in [1.29, 1.82) is 0 Å². The Morgan fingerprint density at radius 2 is 1.95 bits per heavy atom. The van der Waals surface area contributed by atoms with E-state index < -0.39 is 0 Å². The molecule has 2 aromatic heterocycles. The number of halogens is 1. The summed E-state index contributed by atoms with van der Waals surface area (Å²) in [6.07, 6.45) is 6.62. The molecule has 0 aliphatic heterocycles. The van der Waals surface area contributed by atoms with Crippen LogP contribution in [0.3, 0.4) is 0 Å². The maximum Gasteiger partial charge on any atom is 0.181 e. The molecule has 104 valence electrons. The van der Waals surface area contributed by atoms with Crippen LogP contribution in [0.2, 0.25) is 0 Å². The molecule has 6 heteroatoms. The minimum atomic E-state index is 0.545. The van der Waals surface area contributed by atoms with Gasteiger partial charge in [-0.25, -0.2) is 4.98 Å². The lowest BCUT2D eigenvalue weighted by atomic mass is 10.2. The molecule has 0 unspecified atom stereocenters. The number of rotatable bonds is 4. The van der Waals surface area contributed by atoms with E-state index in [-0.39, 0.29) is 0 Å². The molecule has 0 aliphatic carbocycles. The molecule has 0 amide bonds. The van der Waals surface area contributed by atoms with Crippen LogP contribution in [0, 0.1) is 3.57 Å². The molecule has 0 saturated carbocycles. The number of oxazole rings is 1. The third-order valence-electron chi connectivity index (χ3n) is 2.84. The van der Waals surface area contributed by atoms with Gasteiger partial charge in [-0.2, -0.15) is 10.2 Å². The Labute approximate surface area is 135 Å². The number of benzene rings is 1. The van der Waals surface area contributed by atoms with E-state index in [1.165, 1.54) is 6.39 Å². The van der Waals surface area contributed by atoms with E-state index in [1.807, 2.05) is 30.3 Å². The Bertz CT molecular complexity index is 742. The van der Waals surface area contributed by atoms with Crippen molar-refractivity contribution in [3.63, 3.8) is 0 Å². The van der Waals surface area contributed by atoms with E-state index in [2.05, 4.69) is 42.8 Å². The van der Waals surface area contributed by atoms with Gasteiger partial charge in [0.05, 0.1) is 18.4 Å². The zero-order valence-electron chi connectivity index (χ0n) is 11.0. The first-order chi connectivity index (χ1) is 10.3. The fourth-order valence-corrected chi connectivity index (χ4v) is 2.57. The summed E-state index contributed by atoms with van der Waals surface area (Å²) in [4.78, 5) is 7.90. The number of azo groups is 1. The van der Waals surface area contributed by atoms with Crippen LogP contribution in [0.25, 0.3) is 11.3 Å². The predicted molar refractivity (Wildman–Crippen MR) is 87.1 cm³/mol. The number of hydrogen-bond donors (Lipinski definition) is 0. The zero-order chi connectivity index (χ0) is 14.5. The van der Waals surface area contributed by atoms with Gasteiger partial charge < -0.3 is 4.42 Å². The first-order valence-corrected chi connectivity index (χ1v) is 7.35. The molecule has 0 bridgehead atoms. The van der Waals surface area contributed by atoms with Gasteiger partial charge in [0.1, 0.15) is 0 Å². The number of pyridine rings is 1. The zero-order valence-corrected chi connectivity index (χ0v) is 13.1. The highest BCUT2D eigenvalue weighted by atomic mass is 127. The number of nitrogens with zero attached hydrogens (tertiary/aromatic N) is 4. The quantitative estimate of drug-likeness (QED) is 0.482. The lowest BCUT2D eigenvalue weighted by molar-refractivity contribution is 0.571. The fourth-order valence-electron chi connectivity index (χ4n) is 1.80. The smallest absolute Gasteiger partial charge is 0.181 e. The molecule has 3 aromatic rings. The second kappa shape index (κ2) is 6.57. The summed E-state index contributed by atoms with van der Waals surface area (Å²) in [5.41, 5.74) is 2.90. The highest BCUT2D eigenvalue weighted by Crippen LogP contribution is 2.28. The first-order valence-electron chi connectivity index (χ1n) is 6.28. The Morgan fingerprint density at radius 1 is 1.10 bits per heavy atom. The van der Waals surface area contributed by atoms with Crippen molar-refractivity contribution in [1.82, 2.24) is 9.97 Å². The van der Waals surface area contributed by atoms with E-state index in [1.54, 1.807) is 18.6 Å². The van der Waals surface area contributed by atoms with Gasteiger partial charge in [-0.15, -0.1) is 0 Å². The summed E-state index contributed by atoms with van der Waals surface area (Å²) in [6.45, 7) is 0.545. The topological polar surface area (TPSA) is 63.6 Å². The van der Waals surface area contributed by atoms with Gasteiger partial charge in [-0.3, -0.25) is 4.98 Å². The van der Waals surface area contributed by atoms with Crippen LogP contribution in [0.4, 0.5) is 5.69 Å². The van der Waals surface area contributed by atoms with Crippen LogP contribution in [-0.4, -0.2) is 9.97 Å². The largest absolute Gasteiger partial charge is 0.443 e. The van der Waals surface area contributed by atoms with Crippen molar-refractivity contribution in [2.75, 3.05) is 0 Å². The third kappa shape index (κ3) is 3.52. The second-order valence-electron chi connectivity index (χ2n) is 4.28. The Kier molecular flexibility index (Phi) is 4.34. The van der Waals surface area contributed by atoms with Gasteiger partial charge in [-0.05, 0) is 58.5 Å². The summed E-state index contributed by atoms with van der Waals surface area (Å²) >= 11 is 2.25. The molecule has 0 aliphatic rings. The number of hydrogen-bond acceptors (Lipinski definition) is 5. The van der Waals surface area contributed by atoms with E-state index in [9.17, 15) is 0 Å². The van der Waals surface area contributed by atoms with Crippen LogP contribution < -0.4 is 0 Å². The van der Waals surface area contributed by atoms with Crippen molar-refractivity contribution < 1.29 is 4.42 Å². The van der Waals surface area contributed by atoms with Crippen LogP contribution in [-0.2, 0) is 6.54 Å². The van der Waals surface area contributed by atoms with Crippen molar-refractivity contribution >= 4 is 28.3 Å². The van der Waals surface area contributed by atoms with Crippen LogP contribution in [0.5, 0.6) is 0 Å². The molecule has 2 heterocycles. The van der Waals surface area contributed by atoms with Crippen molar-refractivity contribution in [3.05, 3.63) is 64.4 Å². The van der Waals surface area contributed by atoms with Gasteiger partial charge in [0.15, 0.2) is 12.2 Å². The van der Waals surface area contributed by atoms with Crippen LogP contribution >= 0.6 is 22.6 Å². The summed E-state index contributed by atoms with van der Waals surface area (Å²) in [6, 6.07) is 9.69. The SMILES string of the molecule is Ic1cc(N=NCc2ccncc2)ccc1-c1cnco1. The molecule has 0 radical (unpaired) electrons. The van der Waals surface area contributed by atoms with Crippen LogP contribution in [0.15, 0.2) is 70.0 Å². The minimum absolute atomic E-state index is 0.545. The summed E-state index contributed by atoms with van der Waals surface area (Å²) in [7, 11) is 0. The van der Waals surface area contributed by atoms with Gasteiger partial charge in [0.2, 0.25) is 0 Å². The minimum Gasteiger partial charge on any atom is -0.443 e. The lowest BCUT2D eigenvalue weighted by Crippen LogP contribution is -1.81. The normalized spacial score (nSPS) is 11.1. The fraction of sp³-hybridized carbons (Fsp3) is 0.0667. The third-order valence-corrected chi connectivity index (χ3v) is 3.73. The van der Waals surface area contributed by atoms with E-state index in [0.717, 1.165) is 26.1 Å². The van der Waals surface area contributed by atoms with Crippen LogP contribution in [0.1, 0.15) is 5.56 Å². The molecule has 0 saturated heterocycles. The van der Waals surface area contributed by atoms with Gasteiger partial charge in [-0.1, -0.05) is 0 Å². The molecule has 0 spiro atoms. The molecule has 21 heavy (non-hydrogen) atoms. The summed E-state index contributed by atoms with van der Waals surface area (Å²) in [5.74, 6) is 0.750. The molecule has 0 fully saturated rings. The molecule has 1 aromatic carbocycles. The highest BCUT2D eigenvalue weighted by Gasteiger charge is 2.06. The van der Waals surface area contributed by atoms with Crippen molar-refractivity contribution in [3.8, 4) is 11.3 Å². The molecular formula is C15H11IN4O. The highest BCUT2D eigenvalue weighted by molar-refractivity contribution is 14.1. The van der Waals surface area contributed by atoms with Gasteiger partial charge in [0, 0.05) is 21.5 Å². The lowest BCUT2D eigenvalue weighted by Gasteiger charge is -2.01. The Morgan fingerprint density at radius 3 is 2.67 bits per heavy atom. The summed E-state index contributed by atoms with van der Waals surface area (Å²) in [5, 5.41) is 8.44.